The highest BCUT2D eigenvalue weighted by Crippen LogP contribution is 2.16. The first kappa shape index (κ1) is 15.0. The van der Waals surface area contributed by atoms with Crippen molar-refractivity contribution in [3.8, 4) is 0 Å². The van der Waals surface area contributed by atoms with E-state index in [2.05, 4.69) is 0 Å². The number of aryl methyl sites for hydroxylation is 1. The zero-order valence-corrected chi connectivity index (χ0v) is 11.5. The lowest BCUT2D eigenvalue weighted by Crippen LogP contribution is -2.09. The van der Waals surface area contributed by atoms with E-state index in [0.717, 1.165) is 31.2 Å². The van der Waals surface area contributed by atoms with E-state index >= 15 is 0 Å². The highest BCUT2D eigenvalue weighted by Gasteiger charge is 2.08. The van der Waals surface area contributed by atoms with Crippen molar-refractivity contribution in [1.29, 1.82) is 0 Å². The van der Waals surface area contributed by atoms with E-state index in [1.165, 1.54) is 12.1 Å². The van der Waals surface area contributed by atoms with Gasteiger partial charge in [0, 0.05) is 17.1 Å². The highest BCUT2D eigenvalue weighted by atomic mass is 35.7. The topological polar surface area (TPSA) is 77.2 Å². The van der Waals surface area contributed by atoms with Crippen LogP contribution in [0.4, 0.5) is 0 Å². The van der Waals surface area contributed by atoms with Crippen LogP contribution in [0.3, 0.4) is 0 Å². The predicted octanol–water partition coefficient (Wildman–Crippen LogP) is 2.20. The zero-order chi connectivity index (χ0) is 13.6. The van der Waals surface area contributed by atoms with Crippen LogP contribution in [0.2, 0.25) is 0 Å². The highest BCUT2D eigenvalue weighted by molar-refractivity contribution is 8.13. The van der Waals surface area contributed by atoms with Crippen molar-refractivity contribution in [2.45, 2.75) is 37.0 Å². The Morgan fingerprint density at radius 3 is 2.22 bits per heavy atom. The van der Waals surface area contributed by atoms with E-state index in [-0.39, 0.29) is 10.8 Å². The molecule has 0 heterocycles. The molecule has 0 fully saturated rings. The first-order valence-corrected chi connectivity index (χ1v) is 8.02. The third kappa shape index (κ3) is 5.51. The van der Waals surface area contributed by atoms with Gasteiger partial charge in [-0.15, -0.1) is 0 Å². The largest absolute Gasteiger partial charge is 0.370 e. The molecule has 6 heteroatoms. The maximum absolute atomic E-state index is 11.0. The first-order chi connectivity index (χ1) is 8.39. The Morgan fingerprint density at radius 1 is 1.11 bits per heavy atom. The molecule has 1 rings (SSSR count). The summed E-state index contributed by atoms with van der Waals surface area (Å²) in [5.41, 5.74) is 6.09. The molecule has 0 aromatic heterocycles. The number of halogens is 1. The Bertz CT molecular complexity index is 497. The van der Waals surface area contributed by atoms with E-state index in [0.29, 0.717) is 6.42 Å². The lowest BCUT2D eigenvalue weighted by atomic mass is 10.1. The lowest BCUT2D eigenvalue weighted by Gasteiger charge is -2.02. The van der Waals surface area contributed by atoms with Gasteiger partial charge in [-0.25, -0.2) is 8.42 Å². The summed E-state index contributed by atoms with van der Waals surface area (Å²) in [6.07, 6.45) is 3.94. The van der Waals surface area contributed by atoms with Crippen molar-refractivity contribution < 1.29 is 13.2 Å². The van der Waals surface area contributed by atoms with E-state index in [9.17, 15) is 13.2 Å². The van der Waals surface area contributed by atoms with Crippen molar-refractivity contribution in [2.75, 3.05) is 0 Å². The Morgan fingerprint density at radius 2 is 1.72 bits per heavy atom. The van der Waals surface area contributed by atoms with Gasteiger partial charge in [0.05, 0.1) is 4.90 Å². The second kappa shape index (κ2) is 6.75. The number of amides is 1. The predicted molar refractivity (Wildman–Crippen MR) is 70.8 cm³/mol. The number of hydrogen-bond acceptors (Lipinski definition) is 3. The maximum Gasteiger partial charge on any atom is 0.261 e. The number of carbonyl (C=O) groups excluding carboxylic acids is 1. The second-order valence-corrected chi connectivity index (χ2v) is 6.67. The number of nitrogens with two attached hydrogens (primary N) is 1. The van der Waals surface area contributed by atoms with Crippen LogP contribution in [-0.4, -0.2) is 14.3 Å². The van der Waals surface area contributed by atoms with Crippen LogP contribution in [0.5, 0.6) is 0 Å². The van der Waals surface area contributed by atoms with Crippen molar-refractivity contribution in [2.24, 2.45) is 5.73 Å². The molecule has 0 bridgehead atoms. The molecule has 1 amide bonds. The van der Waals surface area contributed by atoms with Gasteiger partial charge in [-0.2, -0.15) is 0 Å². The van der Waals surface area contributed by atoms with Crippen LogP contribution in [0.25, 0.3) is 0 Å². The van der Waals surface area contributed by atoms with Crippen LogP contribution in [-0.2, 0) is 20.3 Å². The number of primary amides is 1. The van der Waals surface area contributed by atoms with E-state index < -0.39 is 9.05 Å². The van der Waals surface area contributed by atoms with Crippen LogP contribution >= 0.6 is 10.7 Å². The Balaban J connectivity index is 2.38. The van der Waals surface area contributed by atoms with Gasteiger partial charge in [-0.05, 0) is 37.0 Å². The molecule has 0 aliphatic heterocycles. The maximum atomic E-state index is 11.0. The quantitative estimate of drug-likeness (QED) is 0.617. The molecule has 0 aliphatic carbocycles. The normalized spacial score (nSPS) is 11.4. The molecular formula is C12H16ClNO3S. The van der Waals surface area contributed by atoms with Crippen LogP contribution in [0.15, 0.2) is 29.2 Å². The van der Waals surface area contributed by atoms with Gasteiger partial charge in [0.15, 0.2) is 0 Å². The number of carbonyl (C=O) groups is 1. The van der Waals surface area contributed by atoms with Crippen molar-refractivity contribution in [3.63, 3.8) is 0 Å². The van der Waals surface area contributed by atoms with Crippen molar-refractivity contribution in [1.82, 2.24) is 0 Å². The van der Waals surface area contributed by atoms with Gasteiger partial charge < -0.3 is 5.73 Å². The average Bonchev–Trinajstić information content (AvgIpc) is 2.27. The first-order valence-electron chi connectivity index (χ1n) is 5.71. The molecule has 0 saturated carbocycles. The smallest absolute Gasteiger partial charge is 0.261 e. The van der Waals surface area contributed by atoms with Gasteiger partial charge in [-0.1, -0.05) is 18.6 Å². The van der Waals surface area contributed by atoms with Crippen LogP contribution in [0.1, 0.15) is 31.2 Å². The molecule has 100 valence electrons. The molecule has 0 saturated heterocycles. The van der Waals surface area contributed by atoms with E-state index in [1.807, 2.05) is 0 Å². The summed E-state index contributed by atoms with van der Waals surface area (Å²) in [7, 11) is 1.58. The summed E-state index contributed by atoms with van der Waals surface area (Å²) in [4.78, 5) is 10.6. The molecular weight excluding hydrogens is 274 g/mol. The fraction of sp³-hybridized carbons (Fsp3) is 0.417. The van der Waals surface area contributed by atoms with Crippen LogP contribution in [0, 0.1) is 0 Å². The van der Waals surface area contributed by atoms with E-state index in [4.69, 9.17) is 16.4 Å². The van der Waals surface area contributed by atoms with Crippen molar-refractivity contribution in [3.05, 3.63) is 29.8 Å². The minimum atomic E-state index is -3.64. The summed E-state index contributed by atoms with van der Waals surface area (Å²) >= 11 is 0. The fourth-order valence-corrected chi connectivity index (χ4v) is 2.39. The molecule has 2 N–H and O–H groups in total. The molecule has 1 aromatic rings. The zero-order valence-electron chi connectivity index (χ0n) is 9.93. The second-order valence-electron chi connectivity index (χ2n) is 4.11. The SMILES string of the molecule is NC(=O)CCCCCc1ccc(S(=O)(=O)Cl)cc1. The van der Waals surface area contributed by atoms with Crippen molar-refractivity contribution >= 4 is 25.6 Å². The minimum absolute atomic E-state index is 0.113. The molecule has 0 spiro atoms. The molecule has 18 heavy (non-hydrogen) atoms. The van der Waals surface area contributed by atoms with Crippen LogP contribution < -0.4 is 5.73 Å². The van der Waals surface area contributed by atoms with Gasteiger partial charge in [-0.3, -0.25) is 4.79 Å². The molecule has 4 nitrogen and oxygen atoms in total. The molecule has 0 aliphatic rings. The monoisotopic (exact) mass is 289 g/mol. The Hall–Kier alpha value is -1.07. The molecule has 0 radical (unpaired) electrons. The summed E-state index contributed by atoms with van der Waals surface area (Å²) < 4.78 is 22.1. The Kier molecular flexibility index (Phi) is 5.62. The third-order valence-corrected chi connectivity index (χ3v) is 3.96. The number of unbranched alkanes of at least 4 members (excludes halogenated alkanes) is 2. The summed E-state index contributed by atoms with van der Waals surface area (Å²) in [5, 5.41) is 0. The molecule has 1 aromatic carbocycles. The summed E-state index contributed by atoms with van der Waals surface area (Å²) in [6, 6.07) is 6.51. The number of rotatable bonds is 7. The van der Waals surface area contributed by atoms with E-state index in [1.54, 1.807) is 12.1 Å². The van der Waals surface area contributed by atoms with Gasteiger partial charge in [0.2, 0.25) is 5.91 Å². The number of benzene rings is 1. The fourth-order valence-electron chi connectivity index (χ4n) is 1.62. The van der Waals surface area contributed by atoms with Gasteiger partial charge >= 0.3 is 0 Å². The summed E-state index contributed by atoms with van der Waals surface area (Å²) in [5.74, 6) is -0.272. The lowest BCUT2D eigenvalue weighted by molar-refractivity contribution is -0.118. The molecule has 0 unspecified atom stereocenters. The summed E-state index contributed by atoms with van der Waals surface area (Å²) in [6.45, 7) is 0. The third-order valence-electron chi connectivity index (χ3n) is 2.59. The Labute approximate surface area is 112 Å². The molecule has 0 atom stereocenters. The standard InChI is InChI=1S/C12H16ClNO3S/c13-18(16,17)11-8-6-10(7-9-11)4-2-1-3-5-12(14)15/h6-9H,1-5H2,(H2,14,15). The van der Waals surface area contributed by atoms with Gasteiger partial charge in [0.25, 0.3) is 9.05 Å². The minimum Gasteiger partial charge on any atom is -0.370 e. The number of hydrogen-bond donors (Lipinski definition) is 1. The van der Waals surface area contributed by atoms with Gasteiger partial charge in [0.1, 0.15) is 0 Å². The average molecular weight is 290 g/mol.